The van der Waals surface area contributed by atoms with Crippen molar-refractivity contribution in [2.45, 2.75) is 50.7 Å². The number of piperidine rings is 1. The minimum absolute atomic E-state index is 0.0107. The molecule has 0 spiro atoms. The van der Waals surface area contributed by atoms with Gasteiger partial charge in [-0.1, -0.05) is 48.0 Å². The van der Waals surface area contributed by atoms with Gasteiger partial charge in [0.25, 0.3) is 11.5 Å². The van der Waals surface area contributed by atoms with E-state index in [9.17, 15) is 28.7 Å². The van der Waals surface area contributed by atoms with E-state index in [1.54, 1.807) is 59.5 Å². The number of piperazine rings is 1. The van der Waals surface area contributed by atoms with Gasteiger partial charge in [-0.05, 0) is 105 Å². The summed E-state index contributed by atoms with van der Waals surface area (Å²) in [6, 6.07) is 27.7. The lowest BCUT2D eigenvalue weighted by Crippen LogP contribution is -2.51. The van der Waals surface area contributed by atoms with Gasteiger partial charge in [-0.25, -0.2) is 14.4 Å². The Morgan fingerprint density at radius 3 is 2.37 bits per heavy atom. The molecule has 4 heterocycles. The fourth-order valence-corrected chi connectivity index (χ4v) is 9.00. The van der Waals surface area contributed by atoms with Gasteiger partial charge in [0.2, 0.25) is 11.8 Å². The van der Waals surface area contributed by atoms with Crippen LogP contribution >= 0.6 is 11.6 Å². The molecule has 15 heteroatoms. The molecule has 2 fully saturated rings. The molecule has 8 rings (SSSR count). The van der Waals surface area contributed by atoms with Gasteiger partial charge in [0.05, 0.1) is 45.6 Å². The van der Waals surface area contributed by atoms with Crippen LogP contribution in [0.1, 0.15) is 48.0 Å². The zero-order valence-corrected chi connectivity index (χ0v) is 37.3. The van der Waals surface area contributed by atoms with E-state index in [0.29, 0.717) is 101 Å². The normalized spacial score (nSPS) is 16.1. The quantitative estimate of drug-likeness (QED) is 0.0995. The molecule has 0 aliphatic carbocycles. The molecule has 3 N–H and O–H groups in total. The molecule has 0 radical (unpaired) electrons. The summed E-state index contributed by atoms with van der Waals surface area (Å²) in [4.78, 5) is 69.4. The summed E-state index contributed by atoms with van der Waals surface area (Å²) in [5, 5.41) is 19.2. The SMILES string of the molecule is CN1CCN(CCC(=O)Nc2ccc3c(=O)n(CC4(O)CCN(C(=O)C(CCCNC(=O)c5ccc6c(Cl)cc(-c7ccc(F)cc7)nc6c5)Cc5ccccc5)CC4)cnc3c2)CC1. The van der Waals surface area contributed by atoms with Crippen molar-refractivity contribution in [1.82, 2.24) is 34.6 Å². The van der Waals surface area contributed by atoms with E-state index >= 15 is 0 Å². The van der Waals surface area contributed by atoms with Gasteiger partial charge in [0.15, 0.2) is 0 Å². The van der Waals surface area contributed by atoms with Gasteiger partial charge in [-0.3, -0.25) is 23.7 Å². The van der Waals surface area contributed by atoms with Crippen LogP contribution in [0.2, 0.25) is 5.02 Å². The molecule has 1 unspecified atom stereocenters. The summed E-state index contributed by atoms with van der Waals surface area (Å²) >= 11 is 6.57. The first-order chi connectivity index (χ1) is 31.4. The predicted octanol–water partition coefficient (Wildman–Crippen LogP) is 6.40. The molecule has 2 aliphatic rings. The van der Waals surface area contributed by atoms with Crippen molar-refractivity contribution in [2.75, 3.05) is 64.7 Å². The molecular formula is C50H54ClFN8O5. The molecule has 338 valence electrons. The number of aliphatic hydroxyl groups is 1. The number of carbonyl (C=O) groups excluding carboxylic acids is 3. The number of amides is 3. The fourth-order valence-electron chi connectivity index (χ4n) is 8.74. The second-order valence-electron chi connectivity index (χ2n) is 17.4. The molecule has 4 aromatic carbocycles. The Hall–Kier alpha value is -6.06. The number of rotatable bonds is 15. The van der Waals surface area contributed by atoms with Crippen molar-refractivity contribution in [1.29, 1.82) is 0 Å². The first kappa shape index (κ1) is 45.5. The largest absolute Gasteiger partial charge is 0.388 e. The lowest BCUT2D eigenvalue weighted by Gasteiger charge is -2.39. The number of hydrogen-bond donors (Lipinski definition) is 3. The number of nitrogens with zero attached hydrogens (tertiary/aromatic N) is 6. The van der Waals surface area contributed by atoms with E-state index in [2.05, 4.69) is 32.5 Å². The van der Waals surface area contributed by atoms with Crippen LogP contribution < -0.4 is 16.2 Å². The summed E-state index contributed by atoms with van der Waals surface area (Å²) in [7, 11) is 2.10. The van der Waals surface area contributed by atoms with Gasteiger partial charge >= 0.3 is 0 Å². The summed E-state index contributed by atoms with van der Waals surface area (Å²) in [6.07, 6.45) is 4.00. The van der Waals surface area contributed by atoms with Crippen LogP contribution in [-0.2, 0) is 22.6 Å². The number of fused-ring (bicyclic) bond motifs is 2. The molecule has 2 saturated heterocycles. The Balaban J connectivity index is 0.849. The monoisotopic (exact) mass is 900 g/mol. The maximum Gasteiger partial charge on any atom is 0.261 e. The summed E-state index contributed by atoms with van der Waals surface area (Å²) in [5.41, 5.74) is 2.76. The number of hydrogen-bond acceptors (Lipinski definition) is 9. The Kier molecular flexibility index (Phi) is 14.3. The van der Waals surface area contributed by atoms with Gasteiger partial charge in [0.1, 0.15) is 5.82 Å². The number of likely N-dealkylation sites (N-methyl/N-ethyl adjacent to an activating group) is 1. The van der Waals surface area contributed by atoms with E-state index in [0.717, 1.165) is 31.7 Å². The van der Waals surface area contributed by atoms with Gasteiger partial charge in [0, 0.05) is 86.9 Å². The third-order valence-corrected chi connectivity index (χ3v) is 13.0. The van der Waals surface area contributed by atoms with Crippen LogP contribution in [0, 0.1) is 11.7 Å². The highest BCUT2D eigenvalue weighted by Gasteiger charge is 2.36. The number of aromatic nitrogens is 3. The van der Waals surface area contributed by atoms with E-state index in [1.165, 1.54) is 23.0 Å². The molecule has 1 atom stereocenters. The smallest absolute Gasteiger partial charge is 0.261 e. The lowest BCUT2D eigenvalue weighted by molar-refractivity contribution is -0.140. The summed E-state index contributed by atoms with van der Waals surface area (Å²) in [6.45, 7) is 5.58. The maximum absolute atomic E-state index is 14.2. The third-order valence-electron chi connectivity index (χ3n) is 12.7. The predicted molar refractivity (Wildman–Crippen MR) is 251 cm³/mol. The minimum Gasteiger partial charge on any atom is -0.388 e. The topological polar surface area (TPSA) is 153 Å². The maximum atomic E-state index is 14.2. The van der Waals surface area contributed by atoms with E-state index in [-0.39, 0.29) is 54.4 Å². The third kappa shape index (κ3) is 11.4. The first-order valence-corrected chi connectivity index (χ1v) is 22.7. The van der Waals surface area contributed by atoms with Crippen LogP contribution in [0.5, 0.6) is 0 Å². The fraction of sp³-hybridized carbons (Fsp3) is 0.360. The van der Waals surface area contributed by atoms with Gasteiger partial charge < -0.3 is 30.4 Å². The molecule has 65 heavy (non-hydrogen) atoms. The van der Waals surface area contributed by atoms with Crippen LogP contribution in [0.3, 0.4) is 0 Å². The van der Waals surface area contributed by atoms with Crippen LogP contribution in [0.15, 0.2) is 108 Å². The average Bonchev–Trinajstić information content (AvgIpc) is 3.31. The number of anilines is 1. The summed E-state index contributed by atoms with van der Waals surface area (Å²) < 4.78 is 15.0. The molecule has 2 aliphatic heterocycles. The number of nitrogens with one attached hydrogen (secondary N) is 2. The first-order valence-electron chi connectivity index (χ1n) is 22.3. The number of likely N-dealkylation sites (tertiary alicyclic amines) is 1. The molecule has 3 amide bonds. The number of benzene rings is 4. The summed E-state index contributed by atoms with van der Waals surface area (Å²) in [5.74, 6) is -1.09. The second-order valence-corrected chi connectivity index (χ2v) is 17.8. The molecular weight excluding hydrogens is 847 g/mol. The highest BCUT2D eigenvalue weighted by molar-refractivity contribution is 6.35. The molecule has 0 saturated carbocycles. The lowest BCUT2D eigenvalue weighted by atomic mass is 9.88. The average molecular weight is 901 g/mol. The van der Waals surface area contributed by atoms with Crippen molar-refractivity contribution in [2.24, 2.45) is 5.92 Å². The highest BCUT2D eigenvalue weighted by atomic mass is 35.5. The Bertz CT molecular complexity index is 2720. The standard InChI is InChI=1S/C50H54ClFN8O5/c1-57-24-26-58(27-25-57)21-17-46(61)55-39-14-16-41-44(30-39)54-33-60(49(41)64)32-50(65)18-22-59(23-19-50)48(63)37(28-34-6-3-2-4-7-34)8-5-20-53-47(62)36-11-15-40-42(51)31-43(56-45(40)29-36)35-9-12-38(52)13-10-35/h2-4,6-7,9-16,29-31,33,37,65H,5,8,17-28,32H2,1H3,(H,53,62)(H,55,61). The van der Waals surface area contributed by atoms with E-state index < -0.39 is 5.60 Å². The molecule has 2 aromatic heterocycles. The van der Waals surface area contributed by atoms with Crippen molar-refractivity contribution >= 4 is 56.8 Å². The van der Waals surface area contributed by atoms with Crippen molar-refractivity contribution in [3.8, 4) is 11.3 Å². The highest BCUT2D eigenvalue weighted by Crippen LogP contribution is 2.30. The number of pyridine rings is 1. The Morgan fingerprint density at radius 1 is 0.877 bits per heavy atom. The Labute approximate surface area is 382 Å². The number of halogens is 2. The molecule has 13 nitrogen and oxygen atoms in total. The van der Waals surface area contributed by atoms with Crippen molar-refractivity contribution in [3.63, 3.8) is 0 Å². The molecule has 6 aromatic rings. The Morgan fingerprint density at radius 2 is 1.62 bits per heavy atom. The van der Waals surface area contributed by atoms with Crippen LogP contribution in [0.25, 0.3) is 33.1 Å². The van der Waals surface area contributed by atoms with Crippen LogP contribution in [0.4, 0.5) is 10.1 Å². The molecule has 0 bridgehead atoms. The van der Waals surface area contributed by atoms with Gasteiger partial charge in [-0.15, -0.1) is 0 Å². The van der Waals surface area contributed by atoms with E-state index in [1.807, 2.05) is 30.3 Å². The zero-order chi connectivity index (χ0) is 45.5. The van der Waals surface area contributed by atoms with Gasteiger partial charge in [-0.2, -0.15) is 0 Å². The van der Waals surface area contributed by atoms with Crippen molar-refractivity contribution in [3.05, 3.63) is 136 Å². The number of carbonyl (C=O) groups is 3. The zero-order valence-electron chi connectivity index (χ0n) is 36.5. The second kappa shape index (κ2) is 20.4. The van der Waals surface area contributed by atoms with Crippen LogP contribution in [-0.4, -0.2) is 117 Å². The minimum atomic E-state index is -1.22. The van der Waals surface area contributed by atoms with E-state index in [4.69, 9.17) is 16.6 Å². The van der Waals surface area contributed by atoms with Crippen molar-refractivity contribution < 1.29 is 23.9 Å².